The van der Waals surface area contributed by atoms with Gasteiger partial charge in [-0.3, -0.25) is 0 Å². The van der Waals surface area contributed by atoms with Crippen LogP contribution in [0.4, 0.5) is 0 Å². The Labute approximate surface area is 110 Å². The maximum absolute atomic E-state index is 5.99. The van der Waals surface area contributed by atoms with Gasteiger partial charge in [-0.1, -0.05) is 64.7 Å². The van der Waals surface area contributed by atoms with E-state index < -0.39 is 11.1 Å². The summed E-state index contributed by atoms with van der Waals surface area (Å²) in [6, 6.07) is 0. The molecule has 0 radical (unpaired) electrons. The second kappa shape index (κ2) is 6.44. The highest BCUT2D eigenvalue weighted by atomic mass is 35.5. The first kappa shape index (κ1) is 16.5. The van der Waals surface area contributed by atoms with Crippen molar-refractivity contribution in [2.24, 2.45) is 10.8 Å². The lowest BCUT2D eigenvalue weighted by Gasteiger charge is -2.25. The standard InChI is InChI=1S/C12H24Cl2O2/c1-11(2,3)7-15-9(13)10(14)16-8-12(4,5)6/h9-10H,7-8H2,1-6H3. The second-order valence-electron chi connectivity index (χ2n) is 6.45. The number of halogens is 2. The van der Waals surface area contributed by atoms with Gasteiger partial charge in [0.15, 0.2) is 11.1 Å². The number of hydrogen-bond donors (Lipinski definition) is 0. The van der Waals surface area contributed by atoms with Crippen molar-refractivity contribution in [2.75, 3.05) is 13.2 Å². The van der Waals surface area contributed by atoms with Crippen molar-refractivity contribution in [1.29, 1.82) is 0 Å². The molecule has 2 unspecified atom stereocenters. The van der Waals surface area contributed by atoms with Gasteiger partial charge < -0.3 is 9.47 Å². The molecule has 0 aromatic heterocycles. The zero-order valence-corrected chi connectivity index (χ0v) is 12.7. The molecule has 0 saturated carbocycles. The Morgan fingerprint density at radius 3 is 1.19 bits per heavy atom. The molecule has 0 aliphatic carbocycles. The van der Waals surface area contributed by atoms with Crippen LogP contribution in [0.3, 0.4) is 0 Å². The molecule has 0 saturated heterocycles. The van der Waals surface area contributed by atoms with Gasteiger partial charge in [-0.05, 0) is 10.8 Å². The highest BCUT2D eigenvalue weighted by Crippen LogP contribution is 2.22. The third-order valence-corrected chi connectivity index (χ3v) is 2.40. The molecular formula is C12H24Cl2O2. The topological polar surface area (TPSA) is 18.5 Å². The molecule has 0 aliphatic rings. The highest BCUT2D eigenvalue weighted by molar-refractivity contribution is 6.28. The van der Waals surface area contributed by atoms with E-state index in [1.165, 1.54) is 0 Å². The number of hydrogen-bond acceptors (Lipinski definition) is 2. The Balaban J connectivity index is 3.86. The van der Waals surface area contributed by atoms with Crippen LogP contribution in [0.25, 0.3) is 0 Å². The molecule has 0 amide bonds. The summed E-state index contributed by atoms with van der Waals surface area (Å²) >= 11 is 12.0. The van der Waals surface area contributed by atoms with E-state index in [-0.39, 0.29) is 10.8 Å². The average Bonchev–Trinajstić information content (AvgIpc) is 2.07. The predicted molar refractivity (Wildman–Crippen MR) is 70.1 cm³/mol. The molecule has 2 nitrogen and oxygen atoms in total. The molecular weight excluding hydrogens is 247 g/mol. The van der Waals surface area contributed by atoms with Crippen LogP contribution in [-0.2, 0) is 9.47 Å². The van der Waals surface area contributed by atoms with Crippen LogP contribution in [-0.4, -0.2) is 24.3 Å². The zero-order valence-electron chi connectivity index (χ0n) is 11.1. The first-order chi connectivity index (χ1) is 7.01. The summed E-state index contributed by atoms with van der Waals surface area (Å²) in [5.41, 5.74) is -1.06. The van der Waals surface area contributed by atoms with Crippen molar-refractivity contribution < 1.29 is 9.47 Å². The van der Waals surface area contributed by atoms with E-state index >= 15 is 0 Å². The Bertz CT molecular complexity index is 172. The average molecular weight is 271 g/mol. The second-order valence-corrected chi connectivity index (χ2v) is 7.31. The Morgan fingerprint density at radius 2 is 1.00 bits per heavy atom. The van der Waals surface area contributed by atoms with E-state index in [2.05, 4.69) is 41.5 Å². The van der Waals surface area contributed by atoms with Gasteiger partial charge in [0.2, 0.25) is 0 Å². The minimum absolute atomic E-state index is 0.0772. The molecule has 16 heavy (non-hydrogen) atoms. The molecule has 0 aromatic carbocycles. The van der Waals surface area contributed by atoms with E-state index in [0.717, 1.165) is 0 Å². The van der Waals surface area contributed by atoms with E-state index in [9.17, 15) is 0 Å². The van der Waals surface area contributed by atoms with Crippen LogP contribution in [0.1, 0.15) is 41.5 Å². The fraction of sp³-hybridized carbons (Fsp3) is 1.00. The molecule has 0 fully saturated rings. The van der Waals surface area contributed by atoms with Crippen molar-refractivity contribution in [3.63, 3.8) is 0 Å². The van der Waals surface area contributed by atoms with Crippen molar-refractivity contribution in [3.05, 3.63) is 0 Å². The normalized spacial score (nSPS) is 17.2. The fourth-order valence-electron chi connectivity index (χ4n) is 0.811. The summed E-state index contributed by atoms with van der Waals surface area (Å²) in [7, 11) is 0. The molecule has 0 aliphatic heterocycles. The summed E-state index contributed by atoms with van der Waals surface area (Å²) < 4.78 is 10.9. The van der Waals surface area contributed by atoms with Gasteiger partial charge in [0, 0.05) is 0 Å². The maximum atomic E-state index is 5.99. The highest BCUT2D eigenvalue weighted by Gasteiger charge is 2.23. The van der Waals surface area contributed by atoms with Crippen LogP contribution in [0.15, 0.2) is 0 Å². The minimum atomic E-state index is -0.608. The van der Waals surface area contributed by atoms with E-state index in [0.29, 0.717) is 13.2 Å². The van der Waals surface area contributed by atoms with E-state index in [4.69, 9.17) is 32.7 Å². The maximum Gasteiger partial charge on any atom is 0.171 e. The van der Waals surface area contributed by atoms with E-state index in [1.807, 2.05) is 0 Å². The molecule has 4 heteroatoms. The first-order valence-corrected chi connectivity index (χ1v) is 6.40. The minimum Gasteiger partial charge on any atom is -0.358 e. The molecule has 0 N–H and O–H groups in total. The van der Waals surface area contributed by atoms with Crippen LogP contribution >= 0.6 is 23.2 Å². The van der Waals surface area contributed by atoms with Gasteiger partial charge in [-0.2, -0.15) is 0 Å². The molecule has 98 valence electrons. The van der Waals surface area contributed by atoms with Crippen molar-refractivity contribution in [1.82, 2.24) is 0 Å². The van der Waals surface area contributed by atoms with Crippen molar-refractivity contribution in [2.45, 2.75) is 52.7 Å². The number of ether oxygens (including phenoxy) is 2. The fourth-order valence-corrected chi connectivity index (χ4v) is 1.08. The molecule has 0 spiro atoms. The van der Waals surface area contributed by atoms with Crippen LogP contribution in [0, 0.1) is 10.8 Å². The van der Waals surface area contributed by atoms with Crippen molar-refractivity contribution >= 4 is 23.2 Å². The number of rotatable bonds is 5. The van der Waals surface area contributed by atoms with Gasteiger partial charge in [0.05, 0.1) is 13.2 Å². The third kappa shape index (κ3) is 9.71. The zero-order chi connectivity index (χ0) is 13.0. The Morgan fingerprint density at radius 1 is 0.750 bits per heavy atom. The van der Waals surface area contributed by atoms with Gasteiger partial charge >= 0.3 is 0 Å². The Hall–Kier alpha value is 0.500. The SMILES string of the molecule is CC(C)(C)COC(Cl)C(Cl)OCC(C)(C)C. The van der Waals surface area contributed by atoms with Gasteiger partial charge in [0.1, 0.15) is 0 Å². The molecule has 0 aromatic rings. The van der Waals surface area contributed by atoms with Crippen LogP contribution in [0.2, 0.25) is 0 Å². The lowest BCUT2D eigenvalue weighted by atomic mass is 9.98. The first-order valence-electron chi connectivity index (χ1n) is 5.53. The summed E-state index contributed by atoms with van der Waals surface area (Å²) in [5, 5.41) is 0. The lowest BCUT2D eigenvalue weighted by Crippen LogP contribution is -2.29. The predicted octanol–water partition coefficient (Wildman–Crippen LogP) is 4.24. The summed E-state index contributed by atoms with van der Waals surface area (Å²) in [4.78, 5) is 0. The summed E-state index contributed by atoms with van der Waals surface area (Å²) in [6.45, 7) is 13.6. The largest absolute Gasteiger partial charge is 0.358 e. The molecule has 2 atom stereocenters. The quantitative estimate of drug-likeness (QED) is 0.696. The molecule has 0 rings (SSSR count). The van der Waals surface area contributed by atoms with Crippen LogP contribution in [0.5, 0.6) is 0 Å². The summed E-state index contributed by atoms with van der Waals surface area (Å²) in [6.07, 6.45) is 0. The van der Waals surface area contributed by atoms with E-state index in [1.54, 1.807) is 0 Å². The summed E-state index contributed by atoms with van der Waals surface area (Å²) in [5.74, 6) is 0. The van der Waals surface area contributed by atoms with Crippen molar-refractivity contribution in [3.8, 4) is 0 Å². The lowest BCUT2D eigenvalue weighted by molar-refractivity contribution is -0.0362. The smallest absolute Gasteiger partial charge is 0.171 e. The van der Waals surface area contributed by atoms with Gasteiger partial charge in [0.25, 0.3) is 0 Å². The third-order valence-electron chi connectivity index (χ3n) is 1.56. The molecule has 0 heterocycles. The van der Waals surface area contributed by atoms with Gasteiger partial charge in [-0.25, -0.2) is 0 Å². The Kier molecular flexibility index (Phi) is 6.64. The van der Waals surface area contributed by atoms with Crippen LogP contribution < -0.4 is 0 Å². The number of alkyl halides is 2. The monoisotopic (exact) mass is 270 g/mol. The van der Waals surface area contributed by atoms with Gasteiger partial charge in [-0.15, -0.1) is 0 Å². The molecule has 0 bridgehead atoms.